The Morgan fingerprint density at radius 1 is 0.938 bits per heavy atom. The van der Waals surface area contributed by atoms with Gasteiger partial charge in [0.05, 0.1) is 0 Å². The van der Waals surface area contributed by atoms with Crippen molar-refractivity contribution in [2.75, 3.05) is 0 Å². The van der Waals surface area contributed by atoms with Gasteiger partial charge in [0.25, 0.3) is 0 Å². The summed E-state index contributed by atoms with van der Waals surface area (Å²) in [6.45, 7) is 10.6. The minimum atomic E-state index is 1.09. The van der Waals surface area contributed by atoms with Gasteiger partial charge in [-0.15, -0.1) is 6.58 Å². The van der Waals surface area contributed by atoms with Crippen LogP contribution in [0.4, 0.5) is 0 Å². The number of allylic oxidation sites excluding steroid dienone is 1. The molecule has 0 saturated carbocycles. The van der Waals surface area contributed by atoms with Gasteiger partial charge in [0.1, 0.15) is 0 Å². The first-order valence-electron chi connectivity index (χ1n) is 6.51. The van der Waals surface area contributed by atoms with Crippen molar-refractivity contribution in [1.29, 1.82) is 0 Å². The summed E-state index contributed by atoms with van der Waals surface area (Å²) < 4.78 is 0. The van der Waals surface area contributed by atoms with Gasteiger partial charge in [-0.1, -0.05) is 39.0 Å². The number of aryl methyl sites for hydroxylation is 2. The fourth-order valence-electron chi connectivity index (χ4n) is 2.45. The summed E-state index contributed by atoms with van der Waals surface area (Å²) in [5, 5.41) is 0. The van der Waals surface area contributed by atoms with Crippen LogP contribution < -0.4 is 0 Å². The second-order valence-electron chi connectivity index (χ2n) is 4.23. The van der Waals surface area contributed by atoms with Crippen molar-refractivity contribution in [1.82, 2.24) is 0 Å². The molecule has 0 spiro atoms. The van der Waals surface area contributed by atoms with Gasteiger partial charge in [0, 0.05) is 0 Å². The van der Waals surface area contributed by atoms with E-state index in [0.717, 1.165) is 32.1 Å². The van der Waals surface area contributed by atoms with E-state index in [0.29, 0.717) is 0 Å². The summed E-state index contributed by atoms with van der Waals surface area (Å²) in [6.07, 6.45) is 7.72. The lowest BCUT2D eigenvalue weighted by Gasteiger charge is -2.16. The molecule has 0 unspecified atom stereocenters. The Kier molecular flexibility index (Phi) is 5.31. The summed E-state index contributed by atoms with van der Waals surface area (Å²) in [4.78, 5) is 0. The van der Waals surface area contributed by atoms with Crippen LogP contribution in [0.25, 0.3) is 0 Å². The molecule has 0 aliphatic heterocycles. The Morgan fingerprint density at radius 2 is 1.50 bits per heavy atom. The molecular weight excluding hydrogens is 192 g/mol. The third-order valence-corrected chi connectivity index (χ3v) is 3.34. The fourth-order valence-corrected chi connectivity index (χ4v) is 2.45. The lowest BCUT2D eigenvalue weighted by Crippen LogP contribution is -2.03. The first-order chi connectivity index (χ1) is 7.78. The third-order valence-electron chi connectivity index (χ3n) is 3.34. The second-order valence-corrected chi connectivity index (χ2v) is 4.23. The highest BCUT2D eigenvalue weighted by Crippen LogP contribution is 2.23. The molecule has 88 valence electrons. The van der Waals surface area contributed by atoms with Crippen molar-refractivity contribution >= 4 is 0 Å². The van der Waals surface area contributed by atoms with E-state index in [9.17, 15) is 0 Å². The van der Waals surface area contributed by atoms with E-state index in [-0.39, 0.29) is 0 Å². The molecule has 0 nitrogen and oxygen atoms in total. The van der Waals surface area contributed by atoms with Crippen molar-refractivity contribution in [3.8, 4) is 0 Å². The summed E-state index contributed by atoms with van der Waals surface area (Å²) in [5.41, 5.74) is 6.22. The predicted octanol–water partition coefficient (Wildman–Crippen LogP) is 4.49. The third kappa shape index (κ3) is 2.75. The summed E-state index contributed by atoms with van der Waals surface area (Å²) in [7, 11) is 0. The summed E-state index contributed by atoms with van der Waals surface area (Å²) in [5.74, 6) is 0. The van der Waals surface area contributed by atoms with Crippen LogP contribution >= 0.6 is 0 Å². The highest BCUT2D eigenvalue weighted by atomic mass is 14.1. The molecular formula is C16H24. The molecule has 1 rings (SSSR count). The number of hydrogen-bond donors (Lipinski definition) is 0. The zero-order chi connectivity index (χ0) is 12.0. The molecule has 0 radical (unpaired) electrons. The Hall–Kier alpha value is -1.04. The van der Waals surface area contributed by atoms with Crippen molar-refractivity contribution in [3.63, 3.8) is 0 Å². The predicted molar refractivity (Wildman–Crippen MR) is 73.1 cm³/mol. The average molecular weight is 216 g/mol. The van der Waals surface area contributed by atoms with E-state index in [1.54, 1.807) is 11.1 Å². The summed E-state index contributed by atoms with van der Waals surface area (Å²) >= 11 is 0. The SMILES string of the molecule is C=CCCc1c(CC)ccc(CC)c1CC. The molecule has 0 bridgehead atoms. The maximum Gasteiger partial charge on any atom is -0.0239 e. The van der Waals surface area contributed by atoms with Crippen LogP contribution in [0.5, 0.6) is 0 Å². The quantitative estimate of drug-likeness (QED) is 0.614. The minimum Gasteiger partial charge on any atom is -0.103 e. The lowest BCUT2D eigenvalue weighted by molar-refractivity contribution is 0.905. The molecule has 0 aliphatic carbocycles. The molecule has 0 N–H and O–H groups in total. The number of rotatable bonds is 6. The molecule has 0 heteroatoms. The van der Waals surface area contributed by atoms with Crippen LogP contribution in [0.2, 0.25) is 0 Å². The average Bonchev–Trinajstić information content (AvgIpc) is 2.34. The van der Waals surface area contributed by atoms with E-state index in [1.165, 1.54) is 11.1 Å². The number of hydrogen-bond acceptors (Lipinski definition) is 0. The van der Waals surface area contributed by atoms with Crippen molar-refractivity contribution < 1.29 is 0 Å². The van der Waals surface area contributed by atoms with Gasteiger partial charge < -0.3 is 0 Å². The molecule has 0 aliphatic rings. The van der Waals surface area contributed by atoms with E-state index in [1.807, 2.05) is 6.08 Å². The Balaban J connectivity index is 3.19. The topological polar surface area (TPSA) is 0 Å². The molecule has 16 heavy (non-hydrogen) atoms. The monoisotopic (exact) mass is 216 g/mol. The van der Waals surface area contributed by atoms with E-state index < -0.39 is 0 Å². The second kappa shape index (κ2) is 6.52. The van der Waals surface area contributed by atoms with E-state index >= 15 is 0 Å². The molecule has 0 heterocycles. The largest absolute Gasteiger partial charge is 0.103 e. The van der Waals surface area contributed by atoms with Crippen LogP contribution in [0.15, 0.2) is 24.8 Å². The van der Waals surface area contributed by atoms with Gasteiger partial charge in [-0.05, 0) is 54.4 Å². The molecule has 0 fully saturated rings. The zero-order valence-corrected chi connectivity index (χ0v) is 11.0. The molecule has 0 aromatic heterocycles. The zero-order valence-electron chi connectivity index (χ0n) is 11.0. The van der Waals surface area contributed by atoms with Crippen LogP contribution in [-0.4, -0.2) is 0 Å². The summed E-state index contributed by atoms with van der Waals surface area (Å²) in [6, 6.07) is 4.63. The minimum absolute atomic E-state index is 1.09. The highest BCUT2D eigenvalue weighted by molar-refractivity contribution is 5.41. The van der Waals surface area contributed by atoms with E-state index in [4.69, 9.17) is 0 Å². The molecule has 0 amide bonds. The van der Waals surface area contributed by atoms with Gasteiger partial charge in [-0.3, -0.25) is 0 Å². The van der Waals surface area contributed by atoms with Gasteiger partial charge in [-0.2, -0.15) is 0 Å². The maximum atomic E-state index is 3.83. The Bertz CT molecular complexity index is 347. The maximum absolute atomic E-state index is 3.83. The smallest absolute Gasteiger partial charge is 0.0239 e. The lowest BCUT2D eigenvalue weighted by atomic mass is 9.89. The van der Waals surface area contributed by atoms with Gasteiger partial charge >= 0.3 is 0 Å². The Morgan fingerprint density at radius 3 is 1.94 bits per heavy atom. The van der Waals surface area contributed by atoms with Crippen LogP contribution in [-0.2, 0) is 25.7 Å². The molecule has 1 aromatic carbocycles. The van der Waals surface area contributed by atoms with Crippen molar-refractivity contribution in [2.24, 2.45) is 0 Å². The fraction of sp³-hybridized carbons (Fsp3) is 0.500. The van der Waals surface area contributed by atoms with Crippen molar-refractivity contribution in [2.45, 2.75) is 52.9 Å². The van der Waals surface area contributed by atoms with Gasteiger partial charge in [-0.25, -0.2) is 0 Å². The molecule has 0 saturated heterocycles. The number of benzene rings is 1. The molecule has 1 aromatic rings. The first-order valence-corrected chi connectivity index (χ1v) is 6.51. The standard InChI is InChI=1S/C16H24/c1-5-9-10-16-14(7-3)12-11-13(6-2)15(16)8-4/h5,11-12H,1,6-10H2,2-4H3. The van der Waals surface area contributed by atoms with Crippen LogP contribution in [0, 0.1) is 0 Å². The highest BCUT2D eigenvalue weighted by Gasteiger charge is 2.09. The Labute approximate surface area is 100 Å². The van der Waals surface area contributed by atoms with Gasteiger partial charge in [0.15, 0.2) is 0 Å². The molecule has 0 atom stereocenters. The van der Waals surface area contributed by atoms with Crippen molar-refractivity contribution in [3.05, 3.63) is 47.0 Å². The first kappa shape index (κ1) is 13.0. The van der Waals surface area contributed by atoms with Crippen LogP contribution in [0.1, 0.15) is 49.4 Å². The normalized spacial score (nSPS) is 10.4. The van der Waals surface area contributed by atoms with Crippen LogP contribution in [0.3, 0.4) is 0 Å². The van der Waals surface area contributed by atoms with E-state index in [2.05, 4.69) is 39.5 Å². The van der Waals surface area contributed by atoms with Gasteiger partial charge in [0.2, 0.25) is 0 Å².